The maximum absolute atomic E-state index is 7.45. The van der Waals surface area contributed by atoms with E-state index in [0.717, 1.165) is 97.7 Å². The Morgan fingerprint density at radius 3 is 0.533 bits per heavy atom. The largest absolute Gasteiger partial charge is 0.495 e. The predicted molar refractivity (Wildman–Crippen MR) is 306 cm³/mol. The fraction of sp³-hybridized carbons (Fsp3) is 0.0909. The highest BCUT2D eigenvalue weighted by Crippen LogP contribution is 2.47. The lowest BCUT2D eigenvalue weighted by molar-refractivity contribution is -0.106. The second-order valence-electron chi connectivity index (χ2n) is 20.3. The van der Waals surface area contributed by atoms with Crippen molar-refractivity contribution in [3.63, 3.8) is 0 Å². The lowest BCUT2D eigenvalue weighted by atomic mass is 9.71. The first-order valence-electron chi connectivity index (χ1n) is 26.1. The van der Waals surface area contributed by atoms with Crippen LogP contribution in [0.4, 0.5) is 0 Å². The van der Waals surface area contributed by atoms with Gasteiger partial charge in [-0.3, -0.25) is 0 Å². The van der Waals surface area contributed by atoms with Crippen molar-refractivity contribution in [3.05, 3.63) is 237 Å². The summed E-state index contributed by atoms with van der Waals surface area (Å²) < 4.78 is 44.7. The van der Waals surface area contributed by atoms with Crippen molar-refractivity contribution in [2.24, 2.45) is 0 Å². The van der Waals surface area contributed by atoms with Crippen molar-refractivity contribution in [2.75, 3.05) is 0 Å². The Balaban J connectivity index is 0.871. The van der Waals surface area contributed by atoms with Crippen LogP contribution in [-0.2, 0) is 27.9 Å². The molecule has 12 aromatic carbocycles. The molecular formula is C66H45B3O6. The molecule has 0 N–H and O–H groups in total. The van der Waals surface area contributed by atoms with Crippen LogP contribution >= 0.6 is 0 Å². The summed E-state index contributed by atoms with van der Waals surface area (Å²) >= 11 is 0. The molecule has 3 aliphatic heterocycles. The zero-order valence-corrected chi connectivity index (χ0v) is 40.7. The summed E-state index contributed by atoms with van der Waals surface area (Å²) in [5.74, 6) is 0. The minimum Gasteiger partial charge on any atom is -0.399 e. The van der Waals surface area contributed by atoms with Gasteiger partial charge in [-0.2, -0.15) is 0 Å². The molecule has 3 heterocycles. The smallest absolute Gasteiger partial charge is 0.399 e. The van der Waals surface area contributed by atoms with E-state index in [0.29, 0.717) is 0 Å². The second kappa shape index (κ2) is 17.4. The van der Waals surface area contributed by atoms with Crippen LogP contribution in [0, 0.1) is 0 Å². The van der Waals surface area contributed by atoms with E-state index in [1.54, 1.807) is 0 Å². The van der Waals surface area contributed by atoms with E-state index >= 15 is 0 Å². The van der Waals surface area contributed by atoms with Crippen molar-refractivity contribution in [2.45, 2.75) is 36.6 Å². The van der Waals surface area contributed by atoms with E-state index in [1.165, 1.54) is 16.7 Å². The average Bonchev–Trinajstić information content (AvgIpc) is 4.24. The standard InChI is InChI=1S/C66H45B3O6/c1-4-22-40(23-5-1)55-43-28-10-16-34-49(43)58(50-35-17-11-29-44(50)55)67-70-61-62(71-67)64-66(75-69(73-64)60-53-38-20-14-32-47(53)57(42-26-8-3-9-27-42)48-33-15-21-39-54(48)60)65-63(61)72-68(74-65)59-51-36-18-12-30-45(51)56(41-24-6-2-7-25-41)46-31-13-19-37-52(46)59/h1-39,61-66H. The Hall–Kier alpha value is -7.85. The summed E-state index contributed by atoms with van der Waals surface area (Å²) in [5.41, 5.74) is 9.96. The molecule has 3 saturated heterocycles. The lowest BCUT2D eigenvalue weighted by Gasteiger charge is -2.40. The summed E-state index contributed by atoms with van der Waals surface area (Å²) in [7, 11) is -2.28. The zero-order chi connectivity index (χ0) is 49.1. The molecule has 0 amide bonds. The highest BCUT2D eigenvalue weighted by molar-refractivity contribution is 6.71. The molecule has 354 valence electrons. The normalized spacial score (nSPS) is 21.2. The van der Waals surface area contributed by atoms with Gasteiger partial charge < -0.3 is 27.9 Å². The quantitative estimate of drug-likeness (QED) is 0.122. The van der Waals surface area contributed by atoms with Crippen molar-refractivity contribution >= 4 is 102 Å². The van der Waals surface area contributed by atoms with Gasteiger partial charge in [0.1, 0.15) is 0 Å². The van der Waals surface area contributed by atoms with Crippen LogP contribution in [-0.4, -0.2) is 58.0 Å². The average molecular weight is 967 g/mol. The predicted octanol–water partition coefficient (Wildman–Crippen LogP) is 12.5. The van der Waals surface area contributed by atoms with Gasteiger partial charge >= 0.3 is 21.4 Å². The highest BCUT2D eigenvalue weighted by atomic mass is 16.7. The number of rotatable bonds is 6. The fourth-order valence-electron chi connectivity index (χ4n) is 13.4. The second-order valence-corrected chi connectivity index (χ2v) is 20.3. The number of benzene rings is 12. The van der Waals surface area contributed by atoms with Gasteiger partial charge in [0.15, 0.2) is 0 Å². The molecule has 0 unspecified atom stereocenters. The molecule has 16 rings (SSSR count). The van der Waals surface area contributed by atoms with Gasteiger partial charge in [-0.15, -0.1) is 0 Å². The molecule has 0 bridgehead atoms. The van der Waals surface area contributed by atoms with Crippen molar-refractivity contribution in [1.82, 2.24) is 0 Å². The third kappa shape index (κ3) is 6.66. The first kappa shape index (κ1) is 43.5. The summed E-state index contributed by atoms with van der Waals surface area (Å²) in [6, 6.07) is 83.8. The SMILES string of the molecule is c1ccc(-c2c3ccccc3c(B3OC4C5OB(c6c7ccccc7c(-c7ccccc7)c7ccccc67)OC5C5OB(c6c7ccccc7c(-c7ccccc7)c7ccccc67)OC5C4O3)c3ccccc23)cc1. The van der Waals surface area contributed by atoms with Gasteiger partial charge in [-0.05, 0) is 114 Å². The minimum absolute atomic E-state index is 0.574. The summed E-state index contributed by atoms with van der Waals surface area (Å²) in [4.78, 5) is 0. The molecule has 0 aromatic heterocycles. The molecule has 75 heavy (non-hydrogen) atoms. The highest BCUT2D eigenvalue weighted by Gasteiger charge is 2.66. The lowest BCUT2D eigenvalue weighted by Crippen LogP contribution is -2.60. The van der Waals surface area contributed by atoms with Crippen LogP contribution < -0.4 is 16.4 Å². The molecule has 4 aliphatic rings. The third-order valence-corrected chi connectivity index (χ3v) is 16.4. The zero-order valence-electron chi connectivity index (χ0n) is 40.7. The fourth-order valence-corrected chi connectivity index (χ4v) is 13.4. The van der Waals surface area contributed by atoms with Crippen LogP contribution in [0.2, 0.25) is 0 Å². The number of hydrogen-bond acceptors (Lipinski definition) is 6. The van der Waals surface area contributed by atoms with Gasteiger partial charge in [-0.1, -0.05) is 237 Å². The number of hydrogen-bond donors (Lipinski definition) is 0. The Bertz CT molecular complexity index is 3590. The van der Waals surface area contributed by atoms with Crippen LogP contribution in [0.3, 0.4) is 0 Å². The Morgan fingerprint density at radius 2 is 0.347 bits per heavy atom. The summed E-state index contributed by atoms with van der Waals surface area (Å²) in [5, 5.41) is 13.2. The molecule has 12 aromatic rings. The van der Waals surface area contributed by atoms with Crippen molar-refractivity contribution in [3.8, 4) is 33.4 Å². The van der Waals surface area contributed by atoms with Crippen LogP contribution in [0.5, 0.6) is 0 Å². The maximum atomic E-state index is 7.45. The minimum atomic E-state index is -0.761. The van der Waals surface area contributed by atoms with Gasteiger partial charge in [0.25, 0.3) is 0 Å². The van der Waals surface area contributed by atoms with Gasteiger partial charge in [0.2, 0.25) is 0 Å². The Kier molecular flexibility index (Phi) is 10.1. The molecule has 1 saturated carbocycles. The first-order valence-corrected chi connectivity index (χ1v) is 26.1. The van der Waals surface area contributed by atoms with Crippen LogP contribution in [0.25, 0.3) is 98.0 Å². The van der Waals surface area contributed by atoms with Gasteiger partial charge in [0.05, 0.1) is 36.6 Å². The molecule has 4 fully saturated rings. The molecular weight excluding hydrogens is 921 g/mol. The monoisotopic (exact) mass is 966 g/mol. The van der Waals surface area contributed by atoms with Crippen LogP contribution in [0.1, 0.15) is 0 Å². The van der Waals surface area contributed by atoms with E-state index in [2.05, 4.69) is 237 Å². The maximum Gasteiger partial charge on any atom is 0.495 e. The summed E-state index contributed by atoms with van der Waals surface area (Å²) in [6.07, 6.45) is -3.44. The van der Waals surface area contributed by atoms with Crippen molar-refractivity contribution < 1.29 is 27.9 Å². The molecule has 9 heteroatoms. The molecule has 0 spiro atoms. The Morgan fingerprint density at radius 1 is 0.187 bits per heavy atom. The third-order valence-electron chi connectivity index (χ3n) is 16.4. The van der Waals surface area contributed by atoms with E-state index in [4.69, 9.17) is 27.9 Å². The van der Waals surface area contributed by atoms with Crippen LogP contribution in [0.15, 0.2) is 237 Å². The van der Waals surface area contributed by atoms with E-state index in [1.807, 2.05) is 0 Å². The topological polar surface area (TPSA) is 55.4 Å². The van der Waals surface area contributed by atoms with Gasteiger partial charge in [0, 0.05) is 0 Å². The molecule has 6 nitrogen and oxygen atoms in total. The first-order chi connectivity index (χ1) is 37.2. The number of fused-ring (bicyclic) bond motifs is 12. The Labute approximate surface area is 434 Å². The molecule has 0 atom stereocenters. The van der Waals surface area contributed by atoms with E-state index in [9.17, 15) is 0 Å². The molecule has 0 radical (unpaired) electrons. The van der Waals surface area contributed by atoms with E-state index < -0.39 is 58.0 Å². The molecule has 1 aliphatic carbocycles. The van der Waals surface area contributed by atoms with E-state index in [-0.39, 0.29) is 0 Å². The van der Waals surface area contributed by atoms with Crippen molar-refractivity contribution in [1.29, 1.82) is 0 Å². The summed E-state index contributed by atoms with van der Waals surface area (Å²) in [6.45, 7) is 0. The van der Waals surface area contributed by atoms with Gasteiger partial charge in [-0.25, -0.2) is 0 Å².